The molecule has 1 atom stereocenters. The number of hydrogen-bond donors (Lipinski definition) is 3. The van der Waals surface area contributed by atoms with Gasteiger partial charge in [-0.05, 0) is 12.5 Å². The Morgan fingerprint density at radius 1 is 1.33 bits per heavy atom. The molecule has 3 heterocycles. The Bertz CT molecular complexity index is 1020. The van der Waals surface area contributed by atoms with Crippen molar-refractivity contribution in [3.8, 4) is 11.4 Å². The Morgan fingerprint density at radius 3 is 2.63 bits per heavy atom. The molecule has 1 amide bonds. The van der Waals surface area contributed by atoms with Gasteiger partial charge < -0.3 is 16.0 Å². The molecule has 1 unspecified atom stereocenters. The van der Waals surface area contributed by atoms with Crippen LogP contribution in [-0.4, -0.2) is 38.6 Å². The number of pyridine rings is 1. The zero-order valence-corrected chi connectivity index (χ0v) is 16.8. The Hall–Kier alpha value is -2.95. The molecule has 0 spiro atoms. The van der Waals surface area contributed by atoms with Crippen LogP contribution in [0.5, 0.6) is 0 Å². The highest BCUT2D eigenvalue weighted by Crippen LogP contribution is 2.27. The van der Waals surface area contributed by atoms with Gasteiger partial charge in [-0.3, -0.25) is 4.79 Å². The van der Waals surface area contributed by atoms with E-state index in [-0.39, 0.29) is 11.7 Å². The first-order valence-electron chi connectivity index (χ1n) is 8.77. The van der Waals surface area contributed by atoms with Crippen molar-refractivity contribution in [1.29, 1.82) is 0 Å². The molecule has 12 heteroatoms. The molecular formula is C18H19ClF4N6O. The van der Waals surface area contributed by atoms with Crippen LogP contribution in [0.15, 0.2) is 24.7 Å². The highest BCUT2D eigenvalue weighted by Gasteiger charge is 2.28. The number of H-pyrrole nitrogens is 1. The number of alkyl halides is 3. The normalized spacial score (nSPS) is 12.2. The number of nitrogen functional groups attached to an aromatic ring is 1. The lowest BCUT2D eigenvalue weighted by atomic mass is 10.1. The fourth-order valence-corrected chi connectivity index (χ4v) is 2.38. The largest absolute Gasteiger partial charge is 0.405 e. The van der Waals surface area contributed by atoms with E-state index in [2.05, 4.69) is 19.9 Å². The minimum atomic E-state index is -4.32. The van der Waals surface area contributed by atoms with Gasteiger partial charge in [-0.15, -0.1) is 0 Å². The van der Waals surface area contributed by atoms with E-state index in [1.54, 1.807) is 26.1 Å². The Labute approximate surface area is 174 Å². The Kier molecular flexibility index (Phi) is 7.54. The molecule has 3 aromatic heterocycles. The molecule has 0 saturated heterocycles. The lowest BCUT2D eigenvalue weighted by Gasteiger charge is -2.11. The van der Waals surface area contributed by atoms with Gasteiger partial charge in [0.25, 0.3) is 0 Å². The van der Waals surface area contributed by atoms with E-state index in [0.717, 1.165) is 11.6 Å². The second-order valence-electron chi connectivity index (χ2n) is 6.32. The molecule has 0 radical (unpaired) electrons. The van der Waals surface area contributed by atoms with E-state index >= 15 is 0 Å². The molecule has 0 aromatic carbocycles. The van der Waals surface area contributed by atoms with Crippen LogP contribution >= 0.6 is 11.6 Å². The first kappa shape index (κ1) is 23.3. The van der Waals surface area contributed by atoms with Crippen molar-refractivity contribution < 1.29 is 22.4 Å². The molecule has 0 aliphatic heterocycles. The maximum Gasteiger partial charge on any atom is 0.405 e. The van der Waals surface area contributed by atoms with E-state index in [1.807, 2.05) is 5.32 Å². The van der Waals surface area contributed by atoms with Gasteiger partial charge in [-0.1, -0.05) is 25.4 Å². The molecule has 0 aliphatic rings. The maximum absolute atomic E-state index is 13.0. The van der Waals surface area contributed by atoms with Crippen molar-refractivity contribution >= 4 is 34.4 Å². The summed E-state index contributed by atoms with van der Waals surface area (Å²) < 4.78 is 47.7. The number of nitrogens with one attached hydrogen (secondary N) is 2. The number of nitrogens with zero attached hydrogens (tertiary/aromatic N) is 3. The molecule has 0 bridgehead atoms. The SMILES string of the molecule is CCC(C)C(=O)NCC(F)(F)F.Nc1nc(-c2c[nH]c3ncc(Cl)cc23)ncc1F. The number of halogens is 5. The zero-order valence-electron chi connectivity index (χ0n) is 16.0. The van der Waals surface area contributed by atoms with E-state index < -0.39 is 24.4 Å². The molecule has 0 fully saturated rings. The first-order valence-corrected chi connectivity index (χ1v) is 9.15. The highest BCUT2D eigenvalue weighted by atomic mass is 35.5. The van der Waals surface area contributed by atoms with Gasteiger partial charge in [0.1, 0.15) is 12.2 Å². The summed E-state index contributed by atoms with van der Waals surface area (Å²) in [4.78, 5) is 25.7. The standard InChI is InChI=1S/C11H7ClFN5.C7H12F3NO/c12-5-1-6-7(3-16-10(6)15-2-5)11-17-4-8(13)9(14)18-11;1-3-5(2)6(12)11-4-7(8,9)10/h1-4H,(H,15,16)(H2,14,17,18);5H,3-4H2,1-2H3,(H,11,12). The van der Waals surface area contributed by atoms with Gasteiger partial charge >= 0.3 is 6.18 Å². The maximum atomic E-state index is 13.0. The molecule has 7 nitrogen and oxygen atoms in total. The molecule has 4 N–H and O–H groups in total. The van der Waals surface area contributed by atoms with Crippen LogP contribution in [0.1, 0.15) is 20.3 Å². The highest BCUT2D eigenvalue weighted by molar-refractivity contribution is 6.31. The third kappa shape index (κ3) is 6.28. The van der Waals surface area contributed by atoms with Crippen LogP contribution < -0.4 is 11.1 Å². The minimum absolute atomic E-state index is 0.190. The average Bonchev–Trinajstić information content (AvgIpc) is 3.10. The number of anilines is 1. The summed E-state index contributed by atoms with van der Waals surface area (Å²) in [6, 6.07) is 1.73. The summed E-state index contributed by atoms with van der Waals surface area (Å²) in [5.41, 5.74) is 6.75. The fourth-order valence-electron chi connectivity index (χ4n) is 2.22. The molecule has 162 valence electrons. The number of hydrogen-bond acceptors (Lipinski definition) is 5. The number of rotatable bonds is 4. The fraction of sp³-hybridized carbons (Fsp3) is 0.333. The lowest BCUT2D eigenvalue weighted by molar-refractivity contribution is -0.140. The van der Waals surface area contributed by atoms with Crippen molar-refractivity contribution in [2.75, 3.05) is 12.3 Å². The van der Waals surface area contributed by atoms with Crippen LogP contribution in [0, 0.1) is 11.7 Å². The second-order valence-corrected chi connectivity index (χ2v) is 6.76. The van der Waals surface area contributed by atoms with Crippen LogP contribution in [0.3, 0.4) is 0 Å². The predicted octanol–water partition coefficient (Wildman–Crippen LogP) is 4.11. The number of fused-ring (bicyclic) bond motifs is 1. The van der Waals surface area contributed by atoms with Crippen molar-refractivity contribution in [2.45, 2.75) is 26.4 Å². The number of aromatic nitrogens is 4. The van der Waals surface area contributed by atoms with Gasteiger partial charge in [-0.25, -0.2) is 19.3 Å². The molecule has 30 heavy (non-hydrogen) atoms. The van der Waals surface area contributed by atoms with Crippen molar-refractivity contribution in [3.05, 3.63) is 35.5 Å². The summed E-state index contributed by atoms with van der Waals surface area (Å²) >= 11 is 5.89. The topological polar surface area (TPSA) is 110 Å². The van der Waals surface area contributed by atoms with Gasteiger partial charge in [0.2, 0.25) is 5.91 Å². The number of aromatic amines is 1. The summed E-state index contributed by atoms with van der Waals surface area (Å²) in [6.45, 7) is 2.10. The summed E-state index contributed by atoms with van der Waals surface area (Å²) in [5.74, 6) is -1.41. The third-order valence-corrected chi connectivity index (χ3v) is 4.24. The third-order valence-electron chi connectivity index (χ3n) is 4.03. The molecule has 0 aliphatic carbocycles. The molecule has 0 saturated carbocycles. The van der Waals surface area contributed by atoms with Crippen LogP contribution in [0.4, 0.5) is 23.4 Å². The summed E-state index contributed by atoms with van der Waals surface area (Å²) in [7, 11) is 0. The smallest absolute Gasteiger partial charge is 0.381 e. The van der Waals surface area contributed by atoms with E-state index in [9.17, 15) is 22.4 Å². The minimum Gasteiger partial charge on any atom is -0.381 e. The molecular weight excluding hydrogens is 428 g/mol. The lowest BCUT2D eigenvalue weighted by Crippen LogP contribution is -2.36. The Balaban J connectivity index is 0.000000235. The van der Waals surface area contributed by atoms with Crippen LogP contribution in [0.2, 0.25) is 5.02 Å². The second kappa shape index (κ2) is 9.70. The van der Waals surface area contributed by atoms with Gasteiger partial charge in [0.15, 0.2) is 17.5 Å². The van der Waals surface area contributed by atoms with Crippen molar-refractivity contribution in [1.82, 2.24) is 25.3 Å². The van der Waals surface area contributed by atoms with E-state index in [1.165, 1.54) is 6.20 Å². The van der Waals surface area contributed by atoms with Crippen molar-refractivity contribution in [3.63, 3.8) is 0 Å². The Morgan fingerprint density at radius 2 is 2.03 bits per heavy atom. The quantitative estimate of drug-likeness (QED) is 0.522. The number of nitrogens with two attached hydrogens (primary N) is 1. The van der Waals surface area contributed by atoms with Gasteiger partial charge in [0, 0.05) is 29.3 Å². The van der Waals surface area contributed by atoms with Crippen LogP contribution in [0.25, 0.3) is 22.4 Å². The average molecular weight is 447 g/mol. The number of amides is 1. The molecule has 3 aromatic rings. The predicted molar refractivity (Wildman–Crippen MR) is 105 cm³/mol. The monoisotopic (exact) mass is 446 g/mol. The number of carbonyl (C=O) groups excluding carboxylic acids is 1. The summed E-state index contributed by atoms with van der Waals surface area (Å²) in [5, 5.41) is 3.07. The van der Waals surface area contributed by atoms with Crippen molar-refractivity contribution in [2.24, 2.45) is 5.92 Å². The van der Waals surface area contributed by atoms with Crippen LogP contribution in [-0.2, 0) is 4.79 Å². The van der Waals surface area contributed by atoms with Gasteiger partial charge in [-0.2, -0.15) is 13.2 Å². The number of carbonyl (C=O) groups is 1. The zero-order chi connectivity index (χ0) is 22.5. The summed E-state index contributed by atoms with van der Waals surface area (Å²) in [6.07, 6.45) is 0.478. The van der Waals surface area contributed by atoms with Gasteiger partial charge in [0.05, 0.1) is 11.2 Å². The van der Waals surface area contributed by atoms with E-state index in [4.69, 9.17) is 17.3 Å². The molecule has 3 rings (SSSR count). The van der Waals surface area contributed by atoms with E-state index in [0.29, 0.717) is 28.5 Å². The first-order chi connectivity index (χ1) is 14.0.